The molecule has 2 atom stereocenters. The Morgan fingerprint density at radius 3 is 2.53 bits per heavy atom. The van der Waals surface area contributed by atoms with Gasteiger partial charge in [-0.05, 0) is 24.7 Å². The van der Waals surface area contributed by atoms with Crippen LogP contribution in [0.15, 0.2) is 0 Å². The highest BCUT2D eigenvalue weighted by Gasteiger charge is 2.25. The first-order chi connectivity index (χ1) is 9.04. The summed E-state index contributed by atoms with van der Waals surface area (Å²) in [6, 6.07) is -1.24. The quantitative estimate of drug-likeness (QED) is 0.678. The second kappa shape index (κ2) is 7.99. The van der Waals surface area contributed by atoms with Gasteiger partial charge in [0.15, 0.2) is 0 Å². The summed E-state index contributed by atoms with van der Waals surface area (Å²) >= 11 is 0. The van der Waals surface area contributed by atoms with Crippen LogP contribution in [0.25, 0.3) is 0 Å². The molecule has 2 unspecified atom stereocenters. The fourth-order valence-electron chi connectivity index (χ4n) is 2.06. The number of amides is 2. The van der Waals surface area contributed by atoms with Gasteiger partial charge < -0.3 is 20.5 Å². The zero-order chi connectivity index (χ0) is 14.3. The average Bonchev–Trinajstić information content (AvgIpc) is 2.42. The van der Waals surface area contributed by atoms with E-state index in [9.17, 15) is 9.59 Å². The highest BCUT2D eigenvalue weighted by atomic mass is 16.5. The van der Waals surface area contributed by atoms with E-state index in [-0.39, 0.29) is 5.92 Å². The summed E-state index contributed by atoms with van der Waals surface area (Å²) in [6.45, 7) is 5.76. The lowest BCUT2D eigenvalue weighted by atomic mass is 9.99. The predicted octanol–water partition coefficient (Wildman–Crippen LogP) is 1.21. The lowest BCUT2D eigenvalue weighted by Crippen LogP contribution is -2.50. The smallest absolute Gasteiger partial charge is 0.326 e. The average molecular weight is 272 g/mol. The minimum Gasteiger partial charge on any atom is -0.480 e. The van der Waals surface area contributed by atoms with Gasteiger partial charge in [0.1, 0.15) is 6.04 Å². The maximum absolute atomic E-state index is 11.7. The fourth-order valence-corrected chi connectivity index (χ4v) is 2.06. The Morgan fingerprint density at radius 2 is 2.00 bits per heavy atom. The van der Waals surface area contributed by atoms with Crippen LogP contribution in [0.3, 0.4) is 0 Å². The van der Waals surface area contributed by atoms with Crippen molar-refractivity contribution in [1.29, 1.82) is 0 Å². The van der Waals surface area contributed by atoms with Crippen LogP contribution in [-0.4, -0.2) is 42.9 Å². The van der Waals surface area contributed by atoms with Crippen LogP contribution >= 0.6 is 0 Å². The van der Waals surface area contributed by atoms with Gasteiger partial charge in [-0.15, -0.1) is 0 Å². The van der Waals surface area contributed by atoms with E-state index in [1.54, 1.807) is 0 Å². The number of ether oxygens (including phenoxy) is 1. The zero-order valence-electron chi connectivity index (χ0n) is 11.6. The van der Waals surface area contributed by atoms with E-state index in [2.05, 4.69) is 10.6 Å². The summed E-state index contributed by atoms with van der Waals surface area (Å²) < 4.78 is 5.24. The van der Waals surface area contributed by atoms with E-state index in [1.165, 1.54) is 0 Å². The highest BCUT2D eigenvalue weighted by molar-refractivity contribution is 5.82. The Balaban J connectivity index is 2.33. The third kappa shape index (κ3) is 5.46. The molecule has 0 aromatic rings. The number of carbonyl (C=O) groups excluding carboxylic acids is 1. The first-order valence-corrected chi connectivity index (χ1v) is 6.89. The number of carboxylic acid groups (broad SMARTS) is 1. The van der Waals surface area contributed by atoms with Crippen molar-refractivity contribution < 1.29 is 19.4 Å². The summed E-state index contributed by atoms with van der Waals surface area (Å²) in [5, 5.41) is 14.4. The van der Waals surface area contributed by atoms with Crippen LogP contribution in [0.2, 0.25) is 0 Å². The lowest BCUT2D eigenvalue weighted by molar-refractivity contribution is -0.140. The maximum Gasteiger partial charge on any atom is 0.326 e. The molecule has 6 heteroatoms. The Morgan fingerprint density at radius 1 is 1.37 bits per heavy atom. The second-order valence-corrected chi connectivity index (χ2v) is 5.11. The lowest BCUT2D eigenvalue weighted by Gasteiger charge is -2.24. The summed E-state index contributed by atoms with van der Waals surface area (Å²) in [4.78, 5) is 22.8. The standard InChI is InChI=1S/C13H24N2O4/c1-3-9(2)11(12(16)17)15-13(18)14-8-10-4-6-19-7-5-10/h9-11H,3-8H2,1-2H3,(H,16,17)(H2,14,15,18). The van der Waals surface area contributed by atoms with E-state index in [0.29, 0.717) is 18.9 Å². The molecule has 1 saturated heterocycles. The minimum atomic E-state index is -0.990. The van der Waals surface area contributed by atoms with Crippen LogP contribution in [0, 0.1) is 11.8 Å². The number of urea groups is 1. The van der Waals surface area contributed by atoms with Gasteiger partial charge in [-0.25, -0.2) is 9.59 Å². The Kier molecular flexibility index (Phi) is 6.62. The van der Waals surface area contributed by atoms with Gasteiger partial charge >= 0.3 is 12.0 Å². The molecular weight excluding hydrogens is 248 g/mol. The number of carboxylic acids is 1. The molecule has 110 valence electrons. The van der Waals surface area contributed by atoms with Gasteiger partial charge in [-0.2, -0.15) is 0 Å². The third-order valence-corrected chi connectivity index (χ3v) is 3.66. The van der Waals surface area contributed by atoms with Crippen molar-refractivity contribution in [2.24, 2.45) is 11.8 Å². The molecule has 0 aliphatic carbocycles. The summed E-state index contributed by atoms with van der Waals surface area (Å²) in [6.07, 6.45) is 2.58. The van der Waals surface area contributed by atoms with Gasteiger partial charge in [0.05, 0.1) is 0 Å². The molecule has 19 heavy (non-hydrogen) atoms. The van der Waals surface area contributed by atoms with Crippen molar-refractivity contribution in [3.8, 4) is 0 Å². The van der Waals surface area contributed by atoms with E-state index >= 15 is 0 Å². The van der Waals surface area contributed by atoms with E-state index in [0.717, 1.165) is 26.1 Å². The van der Waals surface area contributed by atoms with Crippen LogP contribution in [-0.2, 0) is 9.53 Å². The van der Waals surface area contributed by atoms with Gasteiger partial charge in [0, 0.05) is 19.8 Å². The normalized spacial score (nSPS) is 19.5. The molecule has 0 saturated carbocycles. The Labute approximate surface area is 113 Å². The van der Waals surface area contributed by atoms with Crippen molar-refractivity contribution in [2.75, 3.05) is 19.8 Å². The van der Waals surface area contributed by atoms with Gasteiger partial charge in [-0.3, -0.25) is 0 Å². The molecule has 0 bridgehead atoms. The van der Waals surface area contributed by atoms with Crippen LogP contribution < -0.4 is 10.6 Å². The van der Waals surface area contributed by atoms with Crippen molar-refractivity contribution in [3.63, 3.8) is 0 Å². The number of nitrogens with one attached hydrogen (secondary N) is 2. The minimum absolute atomic E-state index is 0.0914. The van der Waals surface area contributed by atoms with Crippen LogP contribution in [0.1, 0.15) is 33.1 Å². The van der Waals surface area contributed by atoms with Crippen LogP contribution in [0.5, 0.6) is 0 Å². The van der Waals surface area contributed by atoms with Crippen LogP contribution in [0.4, 0.5) is 4.79 Å². The number of hydrogen-bond donors (Lipinski definition) is 3. The Bertz CT molecular complexity index is 303. The van der Waals surface area contributed by atoms with Crippen molar-refractivity contribution in [3.05, 3.63) is 0 Å². The fraction of sp³-hybridized carbons (Fsp3) is 0.846. The van der Waals surface area contributed by atoms with E-state index in [1.807, 2.05) is 13.8 Å². The maximum atomic E-state index is 11.7. The molecule has 6 nitrogen and oxygen atoms in total. The molecule has 1 aliphatic rings. The molecule has 0 aromatic heterocycles. The molecule has 1 aliphatic heterocycles. The van der Waals surface area contributed by atoms with Crippen molar-refractivity contribution in [2.45, 2.75) is 39.2 Å². The van der Waals surface area contributed by atoms with Crippen molar-refractivity contribution in [1.82, 2.24) is 10.6 Å². The molecule has 0 radical (unpaired) electrons. The summed E-state index contributed by atoms with van der Waals surface area (Å²) in [7, 11) is 0. The topological polar surface area (TPSA) is 87.7 Å². The number of carbonyl (C=O) groups is 2. The number of hydrogen-bond acceptors (Lipinski definition) is 3. The van der Waals surface area contributed by atoms with Crippen molar-refractivity contribution >= 4 is 12.0 Å². The molecule has 1 fully saturated rings. The van der Waals surface area contributed by atoms with Gasteiger partial charge in [0.2, 0.25) is 0 Å². The monoisotopic (exact) mass is 272 g/mol. The zero-order valence-corrected chi connectivity index (χ0v) is 11.6. The summed E-state index contributed by atoms with van der Waals surface area (Å²) in [5.74, 6) is -0.659. The molecule has 0 aromatic carbocycles. The number of aliphatic carboxylic acids is 1. The molecule has 1 heterocycles. The molecule has 2 amide bonds. The molecule has 1 rings (SSSR count). The largest absolute Gasteiger partial charge is 0.480 e. The third-order valence-electron chi connectivity index (χ3n) is 3.66. The van der Waals surface area contributed by atoms with Gasteiger partial charge in [-0.1, -0.05) is 20.3 Å². The Hall–Kier alpha value is -1.30. The first kappa shape index (κ1) is 15.8. The van der Waals surface area contributed by atoms with E-state index in [4.69, 9.17) is 9.84 Å². The first-order valence-electron chi connectivity index (χ1n) is 6.89. The second-order valence-electron chi connectivity index (χ2n) is 5.11. The molecule has 0 spiro atoms. The molecular formula is C13H24N2O4. The van der Waals surface area contributed by atoms with E-state index < -0.39 is 18.0 Å². The number of rotatable bonds is 6. The van der Waals surface area contributed by atoms with Gasteiger partial charge in [0.25, 0.3) is 0 Å². The molecule has 3 N–H and O–H groups in total. The SMILES string of the molecule is CCC(C)C(NC(=O)NCC1CCOCC1)C(=O)O. The summed E-state index contributed by atoms with van der Waals surface area (Å²) in [5.41, 5.74) is 0. The predicted molar refractivity (Wildman–Crippen MR) is 71.0 cm³/mol. The highest BCUT2D eigenvalue weighted by Crippen LogP contribution is 2.13.